The van der Waals surface area contributed by atoms with E-state index in [9.17, 15) is 0 Å². The van der Waals surface area contributed by atoms with Crippen LogP contribution in [0.2, 0.25) is 0 Å². The number of hydrogen-bond acceptors (Lipinski definition) is 0. The molecule has 0 N–H and O–H groups in total. The van der Waals surface area contributed by atoms with Crippen LogP contribution >= 0.6 is 0 Å². The summed E-state index contributed by atoms with van der Waals surface area (Å²) >= 11 is 0. The zero-order valence-corrected chi connectivity index (χ0v) is 7.64. The topological polar surface area (TPSA) is 0 Å². The van der Waals surface area contributed by atoms with Crippen LogP contribution in [0.3, 0.4) is 0 Å². The zero-order chi connectivity index (χ0) is 8.39. The van der Waals surface area contributed by atoms with Crippen LogP contribution in [0.15, 0.2) is 35.5 Å². The maximum Gasteiger partial charge on any atom is 0.0948 e. The molecule has 0 amide bonds. The van der Waals surface area contributed by atoms with Crippen molar-refractivity contribution in [2.24, 2.45) is 0 Å². The highest BCUT2D eigenvalue weighted by atomic mass is 14.3. The lowest BCUT2D eigenvalue weighted by atomic mass is 9.77. The molecule has 0 unspecified atom stereocenters. The van der Waals surface area contributed by atoms with Crippen molar-refractivity contribution in [1.29, 1.82) is 0 Å². The van der Waals surface area contributed by atoms with E-state index < -0.39 is 0 Å². The van der Waals surface area contributed by atoms with E-state index in [-0.39, 0.29) is 0 Å². The molecule has 1 saturated carbocycles. The fourth-order valence-electron chi connectivity index (χ4n) is 2.08. The van der Waals surface area contributed by atoms with Crippen LogP contribution in [-0.4, -0.2) is 0 Å². The number of allylic oxidation sites excluding steroid dienone is 6. The third-order valence-corrected chi connectivity index (χ3v) is 2.74. The Bertz CT molecular complexity index is 253. The van der Waals surface area contributed by atoms with E-state index in [0.717, 1.165) is 0 Å². The van der Waals surface area contributed by atoms with Crippen molar-refractivity contribution in [2.45, 2.75) is 32.6 Å². The Morgan fingerprint density at radius 1 is 1.42 bits per heavy atom. The Labute approximate surface area is 74.7 Å². The predicted octanol–water partition coefficient (Wildman–Crippen LogP) is 3.58. The van der Waals surface area contributed by atoms with Gasteiger partial charge in [0.25, 0.3) is 0 Å². The lowest BCUT2D eigenvalue weighted by Gasteiger charge is -2.22. The standard InChI is InChI=1S/C12H15/c1-2-10-7-5-8-11-6-3-4-9-12(10)11/h2,5,7-8H,3-4,6,9H2,1H3/q+1/b10-2-. The van der Waals surface area contributed by atoms with Gasteiger partial charge in [-0.25, -0.2) is 0 Å². The van der Waals surface area contributed by atoms with E-state index in [1.54, 1.807) is 11.5 Å². The first kappa shape index (κ1) is 7.72. The molecule has 0 aromatic heterocycles. The molecule has 1 fully saturated rings. The van der Waals surface area contributed by atoms with Gasteiger partial charge >= 0.3 is 0 Å². The first-order valence-electron chi connectivity index (χ1n) is 4.82. The highest BCUT2D eigenvalue weighted by Gasteiger charge is 2.28. The molecule has 12 heavy (non-hydrogen) atoms. The molecular formula is C12H15+. The van der Waals surface area contributed by atoms with Gasteiger partial charge in [0.1, 0.15) is 0 Å². The summed E-state index contributed by atoms with van der Waals surface area (Å²) < 4.78 is 0. The van der Waals surface area contributed by atoms with Crippen molar-refractivity contribution >= 4 is 0 Å². The van der Waals surface area contributed by atoms with E-state index in [1.165, 1.54) is 31.3 Å². The second-order valence-electron chi connectivity index (χ2n) is 3.48. The first-order chi connectivity index (χ1) is 5.92. The summed E-state index contributed by atoms with van der Waals surface area (Å²) in [4.78, 5) is 0. The molecule has 0 spiro atoms. The van der Waals surface area contributed by atoms with E-state index in [0.29, 0.717) is 0 Å². The summed E-state index contributed by atoms with van der Waals surface area (Å²) in [6, 6.07) is 0. The van der Waals surface area contributed by atoms with Crippen molar-refractivity contribution < 1.29 is 0 Å². The summed E-state index contributed by atoms with van der Waals surface area (Å²) in [5.74, 6) is 1.60. The van der Waals surface area contributed by atoms with Crippen LogP contribution in [0.1, 0.15) is 32.6 Å². The van der Waals surface area contributed by atoms with E-state index in [2.05, 4.69) is 31.2 Å². The molecule has 2 aliphatic carbocycles. The van der Waals surface area contributed by atoms with Gasteiger partial charge in [-0.15, -0.1) is 0 Å². The molecule has 2 rings (SSSR count). The Kier molecular flexibility index (Phi) is 2.07. The van der Waals surface area contributed by atoms with Gasteiger partial charge in [0.15, 0.2) is 0 Å². The van der Waals surface area contributed by atoms with Gasteiger partial charge in [0.05, 0.1) is 5.57 Å². The van der Waals surface area contributed by atoms with Crippen molar-refractivity contribution in [3.05, 3.63) is 41.4 Å². The predicted molar refractivity (Wildman–Crippen MR) is 52.7 cm³/mol. The third-order valence-electron chi connectivity index (χ3n) is 2.74. The SMILES string of the molecule is C/C=C1/C=CC=C2CCCC[C+]21. The van der Waals surface area contributed by atoms with E-state index in [4.69, 9.17) is 0 Å². The maximum atomic E-state index is 2.28. The average Bonchev–Trinajstić information content (AvgIpc) is 2.17. The quantitative estimate of drug-likeness (QED) is 0.474. The summed E-state index contributed by atoms with van der Waals surface area (Å²) in [7, 11) is 0. The molecule has 0 saturated heterocycles. The molecule has 0 aromatic rings. The minimum absolute atomic E-state index is 1.29. The lowest BCUT2D eigenvalue weighted by Crippen LogP contribution is -2.11. The molecule has 0 atom stereocenters. The van der Waals surface area contributed by atoms with Gasteiger partial charge in [-0.3, -0.25) is 0 Å². The second kappa shape index (κ2) is 3.22. The van der Waals surface area contributed by atoms with Gasteiger partial charge in [-0.05, 0) is 32.3 Å². The monoisotopic (exact) mass is 159 g/mol. The minimum atomic E-state index is 1.29. The highest BCUT2D eigenvalue weighted by Crippen LogP contribution is 2.38. The fourth-order valence-corrected chi connectivity index (χ4v) is 2.08. The van der Waals surface area contributed by atoms with Crippen LogP contribution in [0, 0.1) is 5.92 Å². The van der Waals surface area contributed by atoms with E-state index in [1.807, 2.05) is 0 Å². The van der Waals surface area contributed by atoms with Gasteiger partial charge < -0.3 is 0 Å². The van der Waals surface area contributed by atoms with Gasteiger partial charge in [0.2, 0.25) is 0 Å². The largest absolute Gasteiger partial charge is 0.0948 e. The highest BCUT2D eigenvalue weighted by molar-refractivity contribution is 5.52. The molecule has 0 nitrogen and oxygen atoms in total. The third kappa shape index (κ3) is 1.22. The summed E-state index contributed by atoms with van der Waals surface area (Å²) in [6.45, 7) is 2.13. The Morgan fingerprint density at radius 2 is 2.33 bits per heavy atom. The first-order valence-corrected chi connectivity index (χ1v) is 4.82. The summed E-state index contributed by atoms with van der Waals surface area (Å²) in [5, 5.41) is 0. The molecule has 0 heteroatoms. The average molecular weight is 159 g/mol. The van der Waals surface area contributed by atoms with Gasteiger partial charge in [0, 0.05) is 36.1 Å². The van der Waals surface area contributed by atoms with Crippen LogP contribution in [0.4, 0.5) is 0 Å². The number of fused-ring (bicyclic) bond motifs is 1. The summed E-state index contributed by atoms with van der Waals surface area (Å²) in [5.41, 5.74) is 3.03. The van der Waals surface area contributed by atoms with Gasteiger partial charge in [-0.1, -0.05) is 0 Å². The molecule has 62 valence electrons. The van der Waals surface area contributed by atoms with Crippen LogP contribution < -0.4 is 0 Å². The maximum absolute atomic E-state index is 2.28. The molecule has 0 aromatic carbocycles. The Morgan fingerprint density at radius 3 is 3.17 bits per heavy atom. The number of rotatable bonds is 0. The van der Waals surface area contributed by atoms with Crippen molar-refractivity contribution in [3.8, 4) is 0 Å². The van der Waals surface area contributed by atoms with Crippen molar-refractivity contribution in [2.75, 3.05) is 0 Å². The molecule has 0 heterocycles. The van der Waals surface area contributed by atoms with Crippen LogP contribution in [0.5, 0.6) is 0 Å². The lowest BCUT2D eigenvalue weighted by molar-refractivity contribution is 0.635. The molecule has 2 aliphatic rings. The van der Waals surface area contributed by atoms with E-state index >= 15 is 0 Å². The Hall–Kier alpha value is -0.910. The Balaban J connectivity index is 2.26. The van der Waals surface area contributed by atoms with Crippen molar-refractivity contribution in [3.63, 3.8) is 0 Å². The molecular weight excluding hydrogens is 144 g/mol. The van der Waals surface area contributed by atoms with Gasteiger partial charge in [-0.2, -0.15) is 0 Å². The zero-order valence-electron chi connectivity index (χ0n) is 7.64. The molecule has 0 radical (unpaired) electrons. The fraction of sp³-hybridized carbons (Fsp3) is 0.417. The number of hydrogen-bond donors (Lipinski definition) is 0. The van der Waals surface area contributed by atoms with Crippen LogP contribution in [-0.2, 0) is 0 Å². The summed E-state index contributed by atoms with van der Waals surface area (Å²) in [6.07, 6.45) is 14.2. The van der Waals surface area contributed by atoms with Crippen molar-refractivity contribution in [1.82, 2.24) is 0 Å². The molecule has 0 aliphatic heterocycles. The second-order valence-corrected chi connectivity index (χ2v) is 3.48. The smallest absolute Gasteiger partial charge is 0.0464 e. The molecule has 0 bridgehead atoms. The minimum Gasteiger partial charge on any atom is -0.0464 e. The van der Waals surface area contributed by atoms with Crippen LogP contribution in [0.25, 0.3) is 0 Å². The normalized spacial score (nSPS) is 25.6.